The van der Waals surface area contributed by atoms with Crippen molar-refractivity contribution in [2.75, 3.05) is 25.0 Å². The van der Waals surface area contributed by atoms with Crippen molar-refractivity contribution < 1.29 is 0 Å². The predicted octanol–water partition coefficient (Wildman–Crippen LogP) is 2.14. The van der Waals surface area contributed by atoms with Crippen molar-refractivity contribution in [1.29, 1.82) is 0 Å². The summed E-state index contributed by atoms with van der Waals surface area (Å²) < 4.78 is 0.920. The van der Waals surface area contributed by atoms with Crippen LogP contribution in [0.25, 0.3) is 0 Å². The molecule has 0 saturated carbocycles. The lowest BCUT2D eigenvalue weighted by atomic mass is 10.3. The SMILES string of the molecule is CC(CN1CCCC1)Nc1ncncc1Br. The van der Waals surface area contributed by atoms with Gasteiger partial charge in [-0.05, 0) is 48.8 Å². The summed E-state index contributed by atoms with van der Waals surface area (Å²) in [6.45, 7) is 5.73. The van der Waals surface area contributed by atoms with E-state index in [0.29, 0.717) is 6.04 Å². The maximum Gasteiger partial charge on any atom is 0.143 e. The lowest BCUT2D eigenvalue weighted by Crippen LogP contribution is -2.33. The van der Waals surface area contributed by atoms with E-state index in [1.807, 2.05) is 0 Å². The standard InChI is InChI=1S/C11H17BrN4/c1-9(7-16-4-2-3-5-16)15-11-10(12)6-13-8-14-11/h6,8-9H,2-5,7H2,1H3,(H,13,14,15). The summed E-state index contributed by atoms with van der Waals surface area (Å²) in [7, 11) is 0. The Hall–Kier alpha value is -0.680. The molecule has 2 heterocycles. The van der Waals surface area contributed by atoms with Crippen LogP contribution >= 0.6 is 15.9 Å². The molecule has 5 heteroatoms. The van der Waals surface area contributed by atoms with Crippen LogP contribution in [0.2, 0.25) is 0 Å². The minimum Gasteiger partial charge on any atom is -0.365 e. The molecular weight excluding hydrogens is 268 g/mol. The van der Waals surface area contributed by atoms with Crippen LogP contribution in [0, 0.1) is 0 Å². The summed E-state index contributed by atoms with van der Waals surface area (Å²) in [5, 5.41) is 3.40. The van der Waals surface area contributed by atoms with Crippen molar-refractivity contribution in [2.45, 2.75) is 25.8 Å². The highest BCUT2D eigenvalue weighted by atomic mass is 79.9. The van der Waals surface area contributed by atoms with Crippen LogP contribution < -0.4 is 5.32 Å². The summed E-state index contributed by atoms with van der Waals surface area (Å²) in [6.07, 6.45) is 6.00. The van der Waals surface area contributed by atoms with Gasteiger partial charge >= 0.3 is 0 Å². The van der Waals surface area contributed by atoms with Crippen LogP contribution in [-0.2, 0) is 0 Å². The van der Waals surface area contributed by atoms with Gasteiger partial charge in [-0.25, -0.2) is 9.97 Å². The molecule has 2 rings (SSSR count). The van der Waals surface area contributed by atoms with Crippen LogP contribution in [-0.4, -0.2) is 40.5 Å². The first-order valence-electron chi connectivity index (χ1n) is 5.70. The molecule has 1 unspecified atom stereocenters. The van der Waals surface area contributed by atoms with E-state index < -0.39 is 0 Å². The fraction of sp³-hybridized carbons (Fsp3) is 0.636. The minimum absolute atomic E-state index is 0.407. The molecule has 1 aliphatic heterocycles. The summed E-state index contributed by atoms with van der Waals surface area (Å²) in [6, 6.07) is 0.407. The Bertz CT molecular complexity index is 339. The Kier molecular flexibility index (Phi) is 4.12. The number of hydrogen-bond acceptors (Lipinski definition) is 4. The van der Waals surface area contributed by atoms with Gasteiger partial charge in [0, 0.05) is 18.8 Å². The number of likely N-dealkylation sites (tertiary alicyclic amines) is 1. The number of anilines is 1. The number of halogens is 1. The topological polar surface area (TPSA) is 41.0 Å². The van der Waals surface area contributed by atoms with E-state index in [1.165, 1.54) is 25.9 Å². The molecule has 0 radical (unpaired) electrons. The molecule has 1 fully saturated rings. The molecule has 1 N–H and O–H groups in total. The van der Waals surface area contributed by atoms with Gasteiger partial charge in [-0.15, -0.1) is 0 Å². The van der Waals surface area contributed by atoms with Gasteiger partial charge in [0.1, 0.15) is 12.1 Å². The molecule has 0 spiro atoms. The van der Waals surface area contributed by atoms with Crippen molar-refractivity contribution >= 4 is 21.7 Å². The molecule has 0 bridgehead atoms. The number of rotatable bonds is 4. The van der Waals surface area contributed by atoms with Gasteiger partial charge < -0.3 is 10.2 Å². The summed E-state index contributed by atoms with van der Waals surface area (Å²) in [4.78, 5) is 10.6. The Labute approximate surface area is 105 Å². The van der Waals surface area contributed by atoms with Crippen molar-refractivity contribution in [3.05, 3.63) is 17.0 Å². The zero-order chi connectivity index (χ0) is 11.4. The Balaban J connectivity index is 1.86. The summed E-state index contributed by atoms with van der Waals surface area (Å²) in [5.74, 6) is 0.877. The average molecular weight is 285 g/mol. The van der Waals surface area contributed by atoms with Gasteiger partial charge in [0.15, 0.2) is 0 Å². The molecule has 0 aromatic carbocycles. The van der Waals surface area contributed by atoms with Crippen LogP contribution in [0.5, 0.6) is 0 Å². The van der Waals surface area contributed by atoms with Crippen LogP contribution in [0.4, 0.5) is 5.82 Å². The van der Waals surface area contributed by atoms with Crippen LogP contribution in [0.3, 0.4) is 0 Å². The second-order valence-electron chi connectivity index (χ2n) is 4.27. The second kappa shape index (κ2) is 5.59. The molecule has 1 saturated heterocycles. The zero-order valence-corrected chi connectivity index (χ0v) is 11.1. The van der Waals surface area contributed by atoms with E-state index in [2.05, 4.69) is 43.0 Å². The van der Waals surface area contributed by atoms with E-state index >= 15 is 0 Å². The largest absolute Gasteiger partial charge is 0.365 e. The molecule has 88 valence electrons. The van der Waals surface area contributed by atoms with Crippen molar-refractivity contribution in [3.8, 4) is 0 Å². The van der Waals surface area contributed by atoms with Gasteiger partial charge in [-0.2, -0.15) is 0 Å². The number of hydrogen-bond donors (Lipinski definition) is 1. The predicted molar refractivity (Wildman–Crippen MR) is 68.5 cm³/mol. The third kappa shape index (κ3) is 3.15. The highest BCUT2D eigenvalue weighted by Gasteiger charge is 2.15. The molecule has 1 aliphatic rings. The molecular formula is C11H17BrN4. The smallest absolute Gasteiger partial charge is 0.143 e. The normalized spacial score (nSPS) is 18.6. The zero-order valence-electron chi connectivity index (χ0n) is 9.49. The third-order valence-electron chi connectivity index (χ3n) is 2.78. The molecule has 1 atom stereocenters. The van der Waals surface area contributed by atoms with Crippen molar-refractivity contribution in [3.63, 3.8) is 0 Å². The van der Waals surface area contributed by atoms with Gasteiger partial charge in [-0.3, -0.25) is 0 Å². The highest BCUT2D eigenvalue weighted by Crippen LogP contribution is 2.18. The first-order chi connectivity index (χ1) is 7.75. The second-order valence-corrected chi connectivity index (χ2v) is 5.13. The van der Waals surface area contributed by atoms with Crippen LogP contribution in [0.15, 0.2) is 17.0 Å². The van der Waals surface area contributed by atoms with Gasteiger partial charge in [-0.1, -0.05) is 0 Å². The summed E-state index contributed by atoms with van der Waals surface area (Å²) >= 11 is 3.44. The third-order valence-corrected chi connectivity index (χ3v) is 3.36. The fourth-order valence-electron chi connectivity index (χ4n) is 2.05. The van der Waals surface area contributed by atoms with Crippen LogP contribution in [0.1, 0.15) is 19.8 Å². The average Bonchev–Trinajstić information content (AvgIpc) is 2.74. The number of nitrogens with one attached hydrogen (secondary N) is 1. The van der Waals surface area contributed by atoms with Crippen molar-refractivity contribution in [1.82, 2.24) is 14.9 Å². The lowest BCUT2D eigenvalue weighted by molar-refractivity contribution is 0.327. The molecule has 0 aliphatic carbocycles. The molecule has 1 aromatic heterocycles. The van der Waals surface area contributed by atoms with Crippen molar-refractivity contribution in [2.24, 2.45) is 0 Å². The molecule has 0 amide bonds. The first-order valence-corrected chi connectivity index (χ1v) is 6.49. The van der Waals surface area contributed by atoms with E-state index in [-0.39, 0.29) is 0 Å². The minimum atomic E-state index is 0.407. The maximum absolute atomic E-state index is 4.21. The maximum atomic E-state index is 4.21. The quantitative estimate of drug-likeness (QED) is 0.920. The van der Waals surface area contributed by atoms with E-state index in [1.54, 1.807) is 12.5 Å². The fourth-order valence-corrected chi connectivity index (χ4v) is 2.39. The van der Waals surface area contributed by atoms with Gasteiger partial charge in [0.05, 0.1) is 4.47 Å². The van der Waals surface area contributed by atoms with E-state index in [4.69, 9.17) is 0 Å². The Morgan fingerprint density at radius 1 is 1.50 bits per heavy atom. The Morgan fingerprint density at radius 3 is 2.94 bits per heavy atom. The highest BCUT2D eigenvalue weighted by molar-refractivity contribution is 9.10. The Morgan fingerprint density at radius 2 is 2.25 bits per heavy atom. The summed E-state index contributed by atoms with van der Waals surface area (Å²) in [5.41, 5.74) is 0. The molecule has 16 heavy (non-hydrogen) atoms. The van der Waals surface area contributed by atoms with Gasteiger partial charge in [0.25, 0.3) is 0 Å². The molecule has 1 aromatic rings. The number of nitrogens with zero attached hydrogens (tertiary/aromatic N) is 3. The van der Waals surface area contributed by atoms with E-state index in [0.717, 1.165) is 16.8 Å². The molecule has 4 nitrogen and oxygen atoms in total. The van der Waals surface area contributed by atoms with Gasteiger partial charge in [0.2, 0.25) is 0 Å². The first kappa shape index (κ1) is 11.8. The lowest BCUT2D eigenvalue weighted by Gasteiger charge is -2.21. The monoisotopic (exact) mass is 284 g/mol. The van der Waals surface area contributed by atoms with E-state index in [9.17, 15) is 0 Å². The number of aromatic nitrogens is 2.